The number of hydrogen-bond donors (Lipinski definition) is 2. The topological polar surface area (TPSA) is 71.3 Å². The van der Waals surface area contributed by atoms with Gasteiger partial charge >= 0.3 is 0 Å². The Labute approximate surface area is 286 Å². The molecule has 0 bridgehead atoms. The van der Waals surface area contributed by atoms with E-state index in [9.17, 15) is 10.2 Å². The van der Waals surface area contributed by atoms with E-state index in [0.717, 1.165) is 22.3 Å². The molecule has 0 amide bonds. The highest BCUT2D eigenvalue weighted by molar-refractivity contribution is 6.31. The maximum atomic E-state index is 13.7. The van der Waals surface area contributed by atoms with Crippen molar-refractivity contribution in [1.29, 1.82) is 0 Å². The molecule has 4 aromatic carbocycles. The van der Waals surface area contributed by atoms with Crippen molar-refractivity contribution in [1.82, 2.24) is 0 Å². The summed E-state index contributed by atoms with van der Waals surface area (Å²) in [6.45, 7) is 16.9. The lowest BCUT2D eigenvalue weighted by atomic mass is 9.73. The van der Waals surface area contributed by atoms with Crippen molar-refractivity contribution in [2.45, 2.75) is 90.2 Å². The second kappa shape index (κ2) is 14.1. The largest absolute Gasteiger partial charge is 0.507 e. The van der Waals surface area contributed by atoms with Gasteiger partial charge in [0.2, 0.25) is 0 Å². The standard InChI is InChI=1S/C41H50ClNO4/c1-26(2)32-24-31(42)21-28(38(32)44)25-43-37(20-27-14-12-11-13-15-27)41(45,33-22-29(39(3,4)5)16-18-35(33)46-9)34-23-30(40(6,7)8)17-19-36(34)47-10/h11-19,21-26,37,44-45H,20H2,1-10H3. The summed E-state index contributed by atoms with van der Waals surface area (Å²) < 4.78 is 12.0. The molecule has 4 rings (SSSR count). The van der Waals surface area contributed by atoms with E-state index in [0.29, 0.717) is 39.6 Å². The normalized spacial score (nSPS) is 13.3. The number of phenols is 1. The molecular formula is C41H50ClNO4. The number of ether oxygens (including phenoxy) is 2. The Bertz CT molecular complexity index is 1650. The van der Waals surface area contributed by atoms with Crippen LogP contribution in [0.1, 0.15) is 100 Å². The monoisotopic (exact) mass is 655 g/mol. The Morgan fingerprint density at radius 1 is 0.766 bits per heavy atom. The molecule has 47 heavy (non-hydrogen) atoms. The molecule has 0 aliphatic carbocycles. The van der Waals surface area contributed by atoms with Crippen LogP contribution < -0.4 is 9.47 Å². The second-order valence-corrected chi connectivity index (χ2v) is 15.1. The number of aliphatic hydroxyl groups is 1. The number of halogens is 1. The minimum Gasteiger partial charge on any atom is -0.507 e. The summed E-state index contributed by atoms with van der Waals surface area (Å²) in [4.78, 5) is 5.15. The Morgan fingerprint density at radius 3 is 1.72 bits per heavy atom. The zero-order chi connectivity index (χ0) is 34.7. The van der Waals surface area contributed by atoms with Gasteiger partial charge in [0.1, 0.15) is 22.8 Å². The van der Waals surface area contributed by atoms with Gasteiger partial charge in [0, 0.05) is 27.9 Å². The van der Waals surface area contributed by atoms with Gasteiger partial charge in [-0.15, -0.1) is 0 Å². The third-order valence-corrected chi connectivity index (χ3v) is 9.07. The van der Waals surface area contributed by atoms with E-state index in [1.165, 1.54) is 0 Å². The highest BCUT2D eigenvalue weighted by atomic mass is 35.5. The number of rotatable bonds is 10. The van der Waals surface area contributed by atoms with Gasteiger partial charge in [0.05, 0.1) is 20.3 Å². The first-order valence-electron chi connectivity index (χ1n) is 16.2. The van der Waals surface area contributed by atoms with Crippen LogP contribution in [-0.4, -0.2) is 36.7 Å². The summed E-state index contributed by atoms with van der Waals surface area (Å²) in [5, 5.41) is 25.5. The summed E-state index contributed by atoms with van der Waals surface area (Å²) in [5.74, 6) is 1.23. The van der Waals surface area contributed by atoms with Crippen molar-refractivity contribution in [2.75, 3.05) is 14.2 Å². The van der Waals surface area contributed by atoms with Gasteiger partial charge in [0.25, 0.3) is 0 Å². The van der Waals surface area contributed by atoms with E-state index in [1.54, 1.807) is 32.6 Å². The van der Waals surface area contributed by atoms with Crippen LogP contribution in [0.15, 0.2) is 83.9 Å². The summed E-state index contributed by atoms with van der Waals surface area (Å²) in [6.07, 6.45) is 2.00. The van der Waals surface area contributed by atoms with Crippen LogP contribution in [-0.2, 0) is 22.9 Å². The predicted molar refractivity (Wildman–Crippen MR) is 195 cm³/mol. The number of benzene rings is 4. The fourth-order valence-corrected chi connectivity index (χ4v) is 6.18. The highest BCUT2D eigenvalue weighted by Crippen LogP contribution is 2.47. The molecular weight excluding hydrogens is 606 g/mol. The number of phenolic OH excluding ortho intramolecular Hbond substituents is 1. The van der Waals surface area contributed by atoms with Gasteiger partial charge in [-0.25, -0.2) is 0 Å². The zero-order valence-electron chi connectivity index (χ0n) is 29.5. The van der Waals surface area contributed by atoms with Crippen molar-refractivity contribution in [3.63, 3.8) is 0 Å². The first-order chi connectivity index (χ1) is 22.0. The van der Waals surface area contributed by atoms with Crippen molar-refractivity contribution in [3.8, 4) is 17.2 Å². The van der Waals surface area contributed by atoms with Gasteiger partial charge in [-0.1, -0.05) is 109 Å². The second-order valence-electron chi connectivity index (χ2n) is 14.7. The van der Waals surface area contributed by atoms with Crippen molar-refractivity contribution >= 4 is 17.8 Å². The SMILES string of the molecule is COc1ccc(C(C)(C)C)cc1C(O)(c1cc(C(C)(C)C)ccc1OC)C(Cc1ccccc1)N=Cc1cc(Cl)cc(C(C)C)c1O. The molecule has 0 saturated heterocycles. The number of nitrogens with zero attached hydrogens (tertiary/aromatic N) is 1. The maximum Gasteiger partial charge on any atom is 0.144 e. The van der Waals surface area contributed by atoms with Crippen LogP contribution in [0.5, 0.6) is 17.2 Å². The maximum absolute atomic E-state index is 13.7. The highest BCUT2D eigenvalue weighted by Gasteiger charge is 2.45. The summed E-state index contributed by atoms with van der Waals surface area (Å²) in [7, 11) is 3.23. The Morgan fingerprint density at radius 2 is 1.28 bits per heavy atom. The Hall–Kier alpha value is -3.80. The third-order valence-electron chi connectivity index (χ3n) is 8.86. The fraction of sp³-hybridized carbons (Fsp3) is 0.390. The van der Waals surface area contributed by atoms with Gasteiger partial charge < -0.3 is 19.7 Å². The van der Waals surface area contributed by atoms with Crippen LogP contribution >= 0.6 is 11.6 Å². The molecule has 0 heterocycles. The molecule has 0 aliphatic heterocycles. The van der Waals surface area contributed by atoms with Crippen LogP contribution in [0, 0.1) is 0 Å². The lowest BCUT2D eigenvalue weighted by molar-refractivity contribution is 0.0475. The van der Waals surface area contributed by atoms with E-state index in [2.05, 4.69) is 41.5 Å². The minimum absolute atomic E-state index is 0.0479. The van der Waals surface area contributed by atoms with Crippen LogP contribution in [0.4, 0.5) is 0 Å². The number of aromatic hydroxyl groups is 1. The fourth-order valence-electron chi connectivity index (χ4n) is 5.95. The van der Waals surface area contributed by atoms with E-state index >= 15 is 0 Å². The molecule has 0 aliphatic rings. The van der Waals surface area contributed by atoms with Crippen molar-refractivity contribution in [3.05, 3.63) is 123 Å². The molecule has 2 N–H and O–H groups in total. The van der Waals surface area contributed by atoms with Crippen molar-refractivity contribution in [2.24, 2.45) is 4.99 Å². The molecule has 1 atom stereocenters. The number of hydrogen-bond acceptors (Lipinski definition) is 5. The average molecular weight is 656 g/mol. The van der Waals surface area contributed by atoms with E-state index in [4.69, 9.17) is 26.1 Å². The van der Waals surface area contributed by atoms with Gasteiger partial charge in [-0.05, 0) is 81.8 Å². The van der Waals surface area contributed by atoms with E-state index in [-0.39, 0.29) is 22.5 Å². The Balaban J connectivity index is 2.13. The lowest BCUT2D eigenvalue weighted by Gasteiger charge is -2.38. The number of aliphatic imine (C=N–C) groups is 1. The van der Waals surface area contributed by atoms with Crippen LogP contribution in [0.25, 0.3) is 0 Å². The molecule has 0 saturated carbocycles. The number of methoxy groups -OCH3 is 2. The van der Waals surface area contributed by atoms with E-state index in [1.807, 2.05) is 80.6 Å². The molecule has 0 aromatic heterocycles. The summed E-state index contributed by atoms with van der Waals surface area (Å²) in [5.41, 5.74) is 3.25. The molecule has 0 radical (unpaired) electrons. The zero-order valence-corrected chi connectivity index (χ0v) is 30.2. The van der Waals surface area contributed by atoms with E-state index < -0.39 is 11.6 Å². The van der Waals surface area contributed by atoms with Crippen LogP contribution in [0.3, 0.4) is 0 Å². The lowest BCUT2D eigenvalue weighted by Crippen LogP contribution is -2.42. The van der Waals surface area contributed by atoms with Gasteiger partial charge in [-0.3, -0.25) is 4.99 Å². The summed E-state index contributed by atoms with van der Waals surface area (Å²) >= 11 is 6.54. The van der Waals surface area contributed by atoms with Crippen molar-refractivity contribution < 1.29 is 19.7 Å². The molecule has 1 unspecified atom stereocenters. The molecule has 250 valence electrons. The predicted octanol–water partition coefficient (Wildman–Crippen LogP) is 9.75. The first-order valence-corrected chi connectivity index (χ1v) is 16.6. The first kappa shape index (κ1) is 36.0. The van der Waals surface area contributed by atoms with Gasteiger partial charge in [0.15, 0.2) is 0 Å². The molecule has 0 spiro atoms. The molecule has 6 heteroatoms. The van der Waals surface area contributed by atoms with Gasteiger partial charge in [-0.2, -0.15) is 0 Å². The average Bonchev–Trinajstić information content (AvgIpc) is 3.02. The third kappa shape index (κ3) is 7.85. The van der Waals surface area contributed by atoms with Crippen LogP contribution in [0.2, 0.25) is 5.02 Å². The quantitative estimate of drug-likeness (QED) is 0.167. The minimum atomic E-state index is -1.75. The molecule has 5 nitrogen and oxygen atoms in total. The summed E-state index contributed by atoms with van der Waals surface area (Å²) in [6, 6.07) is 24.7. The molecule has 0 fully saturated rings. The Kier molecular flexibility index (Phi) is 10.8. The molecule has 4 aromatic rings. The smallest absolute Gasteiger partial charge is 0.144 e.